The molecule has 0 aromatic heterocycles. The Balaban J connectivity index is 1.79. The lowest BCUT2D eigenvalue weighted by molar-refractivity contribution is -0.119. The second-order valence-electron chi connectivity index (χ2n) is 6.83. The van der Waals surface area contributed by atoms with E-state index in [9.17, 15) is 18.0 Å². The van der Waals surface area contributed by atoms with Gasteiger partial charge in [0.2, 0.25) is 0 Å². The van der Waals surface area contributed by atoms with Gasteiger partial charge < -0.3 is 15.8 Å². The molecule has 0 saturated heterocycles. The van der Waals surface area contributed by atoms with Gasteiger partial charge in [-0.1, -0.05) is 23.7 Å². The summed E-state index contributed by atoms with van der Waals surface area (Å²) in [5, 5.41) is 3.15. The Bertz CT molecular complexity index is 1260. The molecule has 3 rings (SSSR count). The summed E-state index contributed by atoms with van der Waals surface area (Å²) in [7, 11) is -3.91. The summed E-state index contributed by atoms with van der Waals surface area (Å²) >= 11 is 5.84. The first-order chi connectivity index (χ1) is 15.1. The van der Waals surface area contributed by atoms with E-state index in [0.29, 0.717) is 27.7 Å². The predicted molar refractivity (Wildman–Crippen MR) is 123 cm³/mol. The highest BCUT2D eigenvalue weighted by Gasteiger charge is 2.18. The van der Waals surface area contributed by atoms with E-state index in [4.69, 9.17) is 22.1 Å². The van der Waals surface area contributed by atoms with Crippen LogP contribution in [0.4, 0.5) is 11.4 Å². The van der Waals surface area contributed by atoms with Crippen molar-refractivity contribution in [1.82, 2.24) is 0 Å². The fraction of sp³-hybridized carbons (Fsp3) is 0.0909. The molecule has 2 amide bonds. The molecule has 166 valence electrons. The summed E-state index contributed by atoms with van der Waals surface area (Å²) < 4.78 is 33.4. The maximum atomic E-state index is 12.9. The molecule has 32 heavy (non-hydrogen) atoms. The molecule has 0 saturated carbocycles. The summed E-state index contributed by atoms with van der Waals surface area (Å²) in [4.78, 5) is 23.5. The molecule has 10 heteroatoms. The largest absolute Gasteiger partial charge is 0.484 e. The third-order valence-electron chi connectivity index (χ3n) is 4.31. The van der Waals surface area contributed by atoms with Crippen molar-refractivity contribution in [2.24, 2.45) is 5.73 Å². The number of carbonyl (C=O) groups is 2. The fourth-order valence-corrected chi connectivity index (χ4v) is 4.24. The lowest BCUT2D eigenvalue weighted by Gasteiger charge is -2.13. The Hall–Kier alpha value is -3.56. The van der Waals surface area contributed by atoms with Gasteiger partial charge in [0, 0.05) is 22.0 Å². The SMILES string of the molecule is Cc1ccc(NC(=O)c2cccc(OCC(N)=O)c2)cc1S(=O)(=O)Nc1ccc(Cl)cc1. The predicted octanol–water partition coefficient (Wildman–Crippen LogP) is 3.57. The first-order valence-electron chi connectivity index (χ1n) is 9.35. The molecule has 0 aliphatic heterocycles. The summed E-state index contributed by atoms with van der Waals surface area (Å²) in [5.74, 6) is -0.816. The van der Waals surface area contributed by atoms with Crippen molar-refractivity contribution in [2.75, 3.05) is 16.6 Å². The summed E-state index contributed by atoms with van der Waals surface area (Å²) in [5.41, 5.74) is 6.47. The quantitative estimate of drug-likeness (QED) is 0.460. The molecule has 0 spiro atoms. The van der Waals surface area contributed by atoms with Crippen molar-refractivity contribution in [2.45, 2.75) is 11.8 Å². The van der Waals surface area contributed by atoms with Crippen LogP contribution in [0.5, 0.6) is 5.75 Å². The van der Waals surface area contributed by atoms with Crippen LogP contribution in [0, 0.1) is 6.92 Å². The van der Waals surface area contributed by atoms with E-state index in [1.165, 1.54) is 12.1 Å². The van der Waals surface area contributed by atoms with E-state index in [1.807, 2.05) is 0 Å². The minimum Gasteiger partial charge on any atom is -0.484 e. The number of ether oxygens (including phenoxy) is 1. The number of halogens is 1. The molecule has 0 unspecified atom stereocenters. The second kappa shape index (κ2) is 9.71. The van der Waals surface area contributed by atoms with Crippen molar-refractivity contribution in [1.29, 1.82) is 0 Å². The number of primary amides is 1. The molecule has 3 aromatic rings. The van der Waals surface area contributed by atoms with Crippen LogP contribution in [-0.2, 0) is 14.8 Å². The van der Waals surface area contributed by atoms with Crippen LogP contribution in [0.3, 0.4) is 0 Å². The Morgan fingerprint density at radius 3 is 2.38 bits per heavy atom. The lowest BCUT2D eigenvalue weighted by atomic mass is 10.2. The maximum absolute atomic E-state index is 12.9. The molecule has 3 aromatic carbocycles. The van der Waals surface area contributed by atoms with Crippen LogP contribution in [0.2, 0.25) is 5.02 Å². The van der Waals surface area contributed by atoms with E-state index < -0.39 is 21.8 Å². The number of rotatable bonds is 8. The summed E-state index contributed by atoms with van der Waals surface area (Å²) in [6.45, 7) is 1.34. The van der Waals surface area contributed by atoms with E-state index in [-0.39, 0.29) is 17.1 Å². The van der Waals surface area contributed by atoms with Gasteiger partial charge in [-0.2, -0.15) is 0 Å². The molecule has 0 heterocycles. The number of hydrogen-bond acceptors (Lipinski definition) is 5. The zero-order valence-corrected chi connectivity index (χ0v) is 18.5. The van der Waals surface area contributed by atoms with Gasteiger partial charge >= 0.3 is 0 Å². The van der Waals surface area contributed by atoms with E-state index in [1.54, 1.807) is 61.5 Å². The van der Waals surface area contributed by atoms with E-state index >= 15 is 0 Å². The normalized spacial score (nSPS) is 10.9. The highest BCUT2D eigenvalue weighted by molar-refractivity contribution is 7.92. The number of sulfonamides is 1. The third kappa shape index (κ3) is 5.99. The highest BCUT2D eigenvalue weighted by atomic mass is 35.5. The van der Waals surface area contributed by atoms with Crippen molar-refractivity contribution in [3.63, 3.8) is 0 Å². The molecular weight excluding hydrogens is 454 g/mol. The highest BCUT2D eigenvalue weighted by Crippen LogP contribution is 2.24. The smallest absolute Gasteiger partial charge is 0.262 e. The van der Waals surface area contributed by atoms with Gasteiger partial charge in [0.05, 0.1) is 4.90 Å². The Morgan fingerprint density at radius 2 is 1.69 bits per heavy atom. The Kier molecular flexibility index (Phi) is 7.01. The number of nitrogens with two attached hydrogens (primary N) is 1. The third-order valence-corrected chi connectivity index (χ3v) is 6.08. The Labute approximate surface area is 190 Å². The molecule has 0 aliphatic rings. The fourth-order valence-electron chi connectivity index (χ4n) is 2.78. The van der Waals surface area contributed by atoms with E-state index in [2.05, 4.69) is 10.0 Å². The molecule has 0 bridgehead atoms. The monoisotopic (exact) mass is 473 g/mol. The standard InChI is InChI=1S/C22H20ClN3O5S/c1-14-5-8-18(12-20(14)32(29,30)26-17-9-6-16(23)7-10-17)25-22(28)15-3-2-4-19(11-15)31-13-21(24)27/h2-12,26H,13H2,1H3,(H2,24,27)(H,25,28). The number of nitrogens with one attached hydrogen (secondary N) is 2. The van der Waals surface area contributed by atoms with Crippen LogP contribution in [0.15, 0.2) is 71.6 Å². The van der Waals surface area contributed by atoms with Gasteiger partial charge in [-0.15, -0.1) is 0 Å². The van der Waals surface area contributed by atoms with Crippen molar-refractivity contribution in [3.05, 3.63) is 82.9 Å². The van der Waals surface area contributed by atoms with Crippen molar-refractivity contribution in [3.8, 4) is 5.75 Å². The topological polar surface area (TPSA) is 128 Å². The number of hydrogen-bond donors (Lipinski definition) is 3. The molecular formula is C22H20ClN3O5S. The van der Waals surface area contributed by atoms with Gasteiger partial charge in [-0.05, 0) is 67.1 Å². The van der Waals surface area contributed by atoms with Gasteiger partial charge in [-0.3, -0.25) is 14.3 Å². The minimum atomic E-state index is -3.91. The average molecular weight is 474 g/mol. The number of amides is 2. The van der Waals surface area contributed by atoms with Gasteiger partial charge in [-0.25, -0.2) is 8.42 Å². The van der Waals surface area contributed by atoms with Crippen LogP contribution < -0.4 is 20.5 Å². The van der Waals surface area contributed by atoms with Gasteiger partial charge in [0.1, 0.15) is 5.75 Å². The average Bonchev–Trinajstić information content (AvgIpc) is 2.75. The number of carbonyl (C=O) groups excluding carboxylic acids is 2. The van der Waals surface area contributed by atoms with Gasteiger partial charge in [0.15, 0.2) is 6.61 Å². The first-order valence-corrected chi connectivity index (χ1v) is 11.2. The van der Waals surface area contributed by atoms with Crippen LogP contribution >= 0.6 is 11.6 Å². The molecule has 4 N–H and O–H groups in total. The van der Waals surface area contributed by atoms with Gasteiger partial charge in [0.25, 0.3) is 21.8 Å². The second-order valence-corrected chi connectivity index (χ2v) is 8.92. The molecule has 0 fully saturated rings. The first kappa shape index (κ1) is 23.1. The van der Waals surface area contributed by atoms with Crippen LogP contribution in [-0.4, -0.2) is 26.8 Å². The number of aryl methyl sites for hydroxylation is 1. The molecule has 0 aliphatic carbocycles. The van der Waals surface area contributed by atoms with Crippen molar-refractivity contribution < 1.29 is 22.7 Å². The molecule has 0 atom stereocenters. The van der Waals surface area contributed by atoms with Crippen LogP contribution in [0.1, 0.15) is 15.9 Å². The zero-order valence-electron chi connectivity index (χ0n) is 17.0. The maximum Gasteiger partial charge on any atom is 0.262 e. The number of anilines is 2. The Morgan fingerprint density at radius 1 is 1.00 bits per heavy atom. The molecule has 8 nitrogen and oxygen atoms in total. The van der Waals surface area contributed by atoms with Crippen molar-refractivity contribution >= 4 is 44.8 Å². The van der Waals surface area contributed by atoms with E-state index in [0.717, 1.165) is 0 Å². The number of benzene rings is 3. The minimum absolute atomic E-state index is 0.0174. The van der Waals surface area contributed by atoms with Crippen LogP contribution in [0.25, 0.3) is 0 Å². The summed E-state index contributed by atoms with van der Waals surface area (Å²) in [6.07, 6.45) is 0. The molecule has 0 radical (unpaired) electrons. The lowest BCUT2D eigenvalue weighted by Crippen LogP contribution is -2.20. The summed E-state index contributed by atoms with van der Waals surface area (Å²) in [6, 6.07) is 17.0. The zero-order chi connectivity index (χ0) is 23.3.